The molecule has 4 unspecified atom stereocenters. The standard InChI is InChI=1S/C15H15BrO2/c1-10-2-4-11(5-3-10)17-9-14-8-15(14,16)13-7-6-12(14)18-13/h2-7,12-13H,8-9H2,1H3. The fourth-order valence-electron chi connectivity index (χ4n) is 3.26. The molecule has 18 heavy (non-hydrogen) atoms. The number of hydrogen-bond donors (Lipinski definition) is 0. The zero-order valence-corrected chi connectivity index (χ0v) is 11.8. The molecule has 2 nitrogen and oxygen atoms in total. The highest BCUT2D eigenvalue weighted by Gasteiger charge is 2.79. The molecule has 2 fully saturated rings. The van der Waals surface area contributed by atoms with Crippen molar-refractivity contribution in [1.82, 2.24) is 0 Å². The van der Waals surface area contributed by atoms with Crippen LogP contribution in [-0.4, -0.2) is 23.1 Å². The van der Waals surface area contributed by atoms with Crippen LogP contribution in [0, 0.1) is 12.3 Å². The van der Waals surface area contributed by atoms with E-state index in [2.05, 4.69) is 47.1 Å². The molecule has 1 aromatic rings. The Morgan fingerprint density at radius 1 is 1.28 bits per heavy atom. The highest BCUT2D eigenvalue weighted by Crippen LogP contribution is 2.73. The second-order valence-corrected chi connectivity index (χ2v) is 7.07. The molecule has 1 saturated carbocycles. The molecule has 0 radical (unpaired) electrons. The summed E-state index contributed by atoms with van der Waals surface area (Å²) >= 11 is 3.86. The van der Waals surface area contributed by atoms with Gasteiger partial charge in [-0.05, 0) is 25.5 Å². The van der Waals surface area contributed by atoms with E-state index < -0.39 is 0 Å². The highest BCUT2D eigenvalue weighted by atomic mass is 79.9. The van der Waals surface area contributed by atoms with Gasteiger partial charge in [0, 0.05) is 0 Å². The maximum Gasteiger partial charge on any atom is 0.119 e. The first-order chi connectivity index (χ1) is 8.64. The van der Waals surface area contributed by atoms with E-state index in [1.54, 1.807) is 0 Å². The second-order valence-electron chi connectivity index (χ2n) is 5.66. The molecule has 1 aliphatic carbocycles. The van der Waals surface area contributed by atoms with Crippen molar-refractivity contribution in [3.8, 4) is 5.75 Å². The van der Waals surface area contributed by atoms with E-state index in [4.69, 9.17) is 9.47 Å². The van der Waals surface area contributed by atoms with Crippen molar-refractivity contribution in [1.29, 1.82) is 0 Å². The number of fused-ring (bicyclic) bond motifs is 5. The molecule has 0 N–H and O–H groups in total. The van der Waals surface area contributed by atoms with E-state index in [0.29, 0.717) is 0 Å². The van der Waals surface area contributed by atoms with Gasteiger partial charge in [-0.3, -0.25) is 0 Å². The monoisotopic (exact) mass is 306 g/mol. The molecule has 0 amide bonds. The van der Waals surface area contributed by atoms with E-state index in [9.17, 15) is 0 Å². The first-order valence-electron chi connectivity index (χ1n) is 6.36. The lowest BCUT2D eigenvalue weighted by Gasteiger charge is -2.20. The maximum absolute atomic E-state index is 5.96. The summed E-state index contributed by atoms with van der Waals surface area (Å²) in [6.07, 6.45) is 5.98. The molecule has 1 aromatic carbocycles. The van der Waals surface area contributed by atoms with Crippen molar-refractivity contribution >= 4 is 15.9 Å². The number of benzene rings is 1. The van der Waals surface area contributed by atoms with E-state index in [1.807, 2.05) is 12.1 Å². The predicted molar refractivity (Wildman–Crippen MR) is 73.2 cm³/mol. The number of hydrogen-bond acceptors (Lipinski definition) is 2. The van der Waals surface area contributed by atoms with Gasteiger partial charge in [0.2, 0.25) is 0 Å². The van der Waals surface area contributed by atoms with Gasteiger partial charge in [-0.1, -0.05) is 45.8 Å². The molecule has 2 heterocycles. The maximum atomic E-state index is 5.96. The minimum atomic E-state index is 0.129. The Balaban J connectivity index is 1.51. The Morgan fingerprint density at radius 2 is 2.00 bits per heavy atom. The summed E-state index contributed by atoms with van der Waals surface area (Å²) in [6, 6.07) is 8.24. The quantitative estimate of drug-likeness (QED) is 0.630. The summed E-state index contributed by atoms with van der Waals surface area (Å²) in [4.78, 5) is 0. The van der Waals surface area contributed by atoms with E-state index in [-0.39, 0.29) is 21.9 Å². The predicted octanol–water partition coefficient (Wildman–Crippen LogP) is 3.23. The van der Waals surface area contributed by atoms with Crippen LogP contribution in [0.15, 0.2) is 36.4 Å². The molecule has 4 rings (SSSR count). The smallest absolute Gasteiger partial charge is 0.119 e. The van der Waals surface area contributed by atoms with Crippen LogP contribution in [0.3, 0.4) is 0 Å². The summed E-state index contributed by atoms with van der Waals surface area (Å²) < 4.78 is 12.0. The normalized spacial score (nSPS) is 43.0. The fourth-order valence-corrected chi connectivity index (χ4v) is 4.36. The average Bonchev–Trinajstić information content (AvgIpc) is 2.73. The summed E-state index contributed by atoms with van der Waals surface area (Å²) in [5, 5.41) is 0. The van der Waals surface area contributed by atoms with Gasteiger partial charge in [0.1, 0.15) is 5.75 Å². The molecule has 4 atom stereocenters. The summed E-state index contributed by atoms with van der Waals surface area (Å²) in [5.41, 5.74) is 1.41. The van der Waals surface area contributed by atoms with Crippen molar-refractivity contribution in [3.05, 3.63) is 42.0 Å². The van der Waals surface area contributed by atoms with Gasteiger partial charge < -0.3 is 9.47 Å². The SMILES string of the molecule is Cc1ccc(OCC23CC2(Br)C2C=CC3O2)cc1. The third kappa shape index (κ3) is 1.27. The zero-order chi connectivity index (χ0) is 12.4. The molecule has 0 aromatic heterocycles. The third-order valence-electron chi connectivity index (χ3n) is 4.54. The van der Waals surface area contributed by atoms with Crippen LogP contribution in [0.5, 0.6) is 5.75 Å². The summed E-state index contributed by atoms with van der Waals surface area (Å²) in [6.45, 7) is 2.81. The number of ether oxygens (including phenoxy) is 2. The Kier molecular flexibility index (Phi) is 2.09. The van der Waals surface area contributed by atoms with E-state index >= 15 is 0 Å². The van der Waals surface area contributed by atoms with Gasteiger partial charge in [0.15, 0.2) is 0 Å². The highest BCUT2D eigenvalue weighted by molar-refractivity contribution is 9.10. The van der Waals surface area contributed by atoms with Crippen molar-refractivity contribution in [3.63, 3.8) is 0 Å². The van der Waals surface area contributed by atoms with E-state index in [1.165, 1.54) is 5.56 Å². The Hall–Kier alpha value is -0.800. The number of aryl methyl sites for hydroxylation is 1. The van der Waals surface area contributed by atoms with Crippen LogP contribution in [0.25, 0.3) is 0 Å². The van der Waals surface area contributed by atoms with Crippen molar-refractivity contribution in [2.24, 2.45) is 5.41 Å². The minimum Gasteiger partial charge on any atom is -0.493 e. The molecular formula is C15H15BrO2. The molecular weight excluding hydrogens is 292 g/mol. The Labute approximate surface area is 115 Å². The lowest BCUT2D eigenvalue weighted by atomic mass is 9.94. The zero-order valence-electron chi connectivity index (χ0n) is 10.2. The van der Waals surface area contributed by atoms with Gasteiger partial charge in [-0.25, -0.2) is 0 Å². The Morgan fingerprint density at radius 3 is 2.67 bits per heavy atom. The van der Waals surface area contributed by atoms with Gasteiger partial charge in [0.25, 0.3) is 0 Å². The van der Waals surface area contributed by atoms with Crippen LogP contribution in [0.2, 0.25) is 0 Å². The van der Waals surface area contributed by atoms with Gasteiger partial charge in [-0.15, -0.1) is 0 Å². The lowest BCUT2D eigenvalue weighted by Crippen LogP contribution is -2.29. The summed E-state index contributed by atoms with van der Waals surface area (Å²) in [7, 11) is 0. The first-order valence-corrected chi connectivity index (χ1v) is 7.16. The van der Waals surface area contributed by atoms with Crippen LogP contribution in [-0.2, 0) is 4.74 Å². The van der Waals surface area contributed by atoms with Crippen LogP contribution < -0.4 is 4.74 Å². The van der Waals surface area contributed by atoms with Crippen LogP contribution in [0.1, 0.15) is 12.0 Å². The number of alkyl halides is 1. The largest absolute Gasteiger partial charge is 0.493 e. The van der Waals surface area contributed by atoms with Crippen LogP contribution >= 0.6 is 15.9 Å². The molecule has 94 valence electrons. The van der Waals surface area contributed by atoms with Gasteiger partial charge >= 0.3 is 0 Å². The van der Waals surface area contributed by atoms with Crippen molar-refractivity contribution < 1.29 is 9.47 Å². The average molecular weight is 307 g/mol. The summed E-state index contributed by atoms with van der Waals surface area (Å²) in [5.74, 6) is 0.948. The number of halogens is 1. The molecule has 3 heteroatoms. The molecule has 1 saturated heterocycles. The number of rotatable bonds is 3. The van der Waals surface area contributed by atoms with Gasteiger partial charge in [0.05, 0.1) is 28.6 Å². The Bertz CT molecular complexity index is 524. The topological polar surface area (TPSA) is 18.5 Å². The second kappa shape index (κ2) is 3.40. The molecule has 0 spiro atoms. The third-order valence-corrected chi connectivity index (χ3v) is 6.06. The molecule has 3 aliphatic rings. The van der Waals surface area contributed by atoms with Crippen molar-refractivity contribution in [2.75, 3.05) is 6.61 Å². The minimum absolute atomic E-state index is 0.129. The molecule has 2 aliphatic heterocycles. The van der Waals surface area contributed by atoms with E-state index in [0.717, 1.165) is 18.8 Å². The lowest BCUT2D eigenvalue weighted by molar-refractivity contribution is 0.0581. The fraction of sp³-hybridized carbons (Fsp3) is 0.467. The molecule has 2 bridgehead atoms. The van der Waals surface area contributed by atoms with Gasteiger partial charge in [-0.2, -0.15) is 0 Å². The first kappa shape index (κ1) is 11.1. The van der Waals surface area contributed by atoms with Crippen LogP contribution in [0.4, 0.5) is 0 Å². The van der Waals surface area contributed by atoms with Crippen molar-refractivity contribution in [2.45, 2.75) is 29.9 Å².